The maximum absolute atomic E-state index is 12.3. The van der Waals surface area contributed by atoms with Crippen LogP contribution in [-0.4, -0.2) is 40.5 Å². The number of H-pyrrole nitrogens is 2. The number of ether oxygens (including phenoxy) is 1. The molecule has 1 saturated carbocycles. The largest absolute Gasteiger partial charge is 0.471 e. The average molecular weight is 412 g/mol. The van der Waals surface area contributed by atoms with Crippen LogP contribution >= 0.6 is 0 Å². The quantitative estimate of drug-likeness (QED) is 0.557. The molecule has 1 aliphatic heterocycles. The van der Waals surface area contributed by atoms with Gasteiger partial charge < -0.3 is 15.4 Å². The second kappa shape index (κ2) is 8.17. The number of fused-ring (bicyclic) bond motifs is 3. The van der Waals surface area contributed by atoms with Crippen molar-refractivity contribution in [2.75, 3.05) is 13.1 Å². The van der Waals surface area contributed by atoms with E-state index in [9.17, 15) is 19.2 Å². The molecule has 9 nitrogen and oxygen atoms in total. The van der Waals surface area contributed by atoms with E-state index in [0.717, 1.165) is 25.7 Å². The van der Waals surface area contributed by atoms with Gasteiger partial charge in [0.15, 0.2) is 0 Å². The Morgan fingerprint density at radius 2 is 1.90 bits per heavy atom. The summed E-state index contributed by atoms with van der Waals surface area (Å²) in [6.45, 7) is 0.213. The molecule has 2 aliphatic rings. The molecule has 4 rings (SSSR count). The molecule has 0 saturated heterocycles. The van der Waals surface area contributed by atoms with Crippen LogP contribution in [0.5, 0.6) is 5.88 Å². The number of carbonyl (C=O) groups is 2. The minimum atomic E-state index is -0.613. The third-order valence-electron chi connectivity index (χ3n) is 5.89. The van der Waals surface area contributed by atoms with Crippen molar-refractivity contribution in [3.8, 4) is 5.88 Å². The van der Waals surface area contributed by atoms with Crippen molar-refractivity contribution >= 4 is 11.8 Å². The van der Waals surface area contributed by atoms with Crippen molar-refractivity contribution in [2.24, 2.45) is 0 Å². The number of hydrogen-bond donors (Lipinski definition) is 4. The molecule has 158 valence electrons. The lowest BCUT2D eigenvalue weighted by atomic mass is 9.72. The smallest absolute Gasteiger partial charge is 0.328 e. The second-order valence-electron chi connectivity index (χ2n) is 7.76. The molecule has 0 unspecified atom stereocenters. The highest BCUT2D eigenvalue weighted by molar-refractivity contribution is 5.96. The predicted molar refractivity (Wildman–Crippen MR) is 109 cm³/mol. The molecule has 9 heteroatoms. The van der Waals surface area contributed by atoms with Crippen molar-refractivity contribution in [3.05, 3.63) is 62.3 Å². The maximum atomic E-state index is 12.3. The highest BCUT2D eigenvalue weighted by Gasteiger charge is 2.51. The van der Waals surface area contributed by atoms with Gasteiger partial charge in [-0.3, -0.25) is 24.4 Å². The third kappa shape index (κ3) is 3.87. The maximum Gasteiger partial charge on any atom is 0.328 e. The molecule has 0 radical (unpaired) electrons. The fraction of sp³-hybridized carbons (Fsp3) is 0.429. The Bertz CT molecular complexity index is 1060. The first kappa shape index (κ1) is 19.9. The monoisotopic (exact) mass is 412 g/mol. The van der Waals surface area contributed by atoms with E-state index < -0.39 is 16.9 Å². The zero-order valence-corrected chi connectivity index (χ0v) is 16.5. The second-order valence-corrected chi connectivity index (χ2v) is 7.76. The zero-order chi connectivity index (χ0) is 21.1. The molecule has 4 N–H and O–H groups in total. The van der Waals surface area contributed by atoms with Gasteiger partial charge in [-0.1, -0.05) is 24.6 Å². The molecular formula is C21H24N4O5. The Labute approximate surface area is 172 Å². The number of carbonyl (C=O) groups excluding carboxylic acids is 2. The van der Waals surface area contributed by atoms with Crippen molar-refractivity contribution < 1.29 is 14.3 Å². The van der Waals surface area contributed by atoms with E-state index in [2.05, 4.69) is 20.6 Å². The van der Waals surface area contributed by atoms with Gasteiger partial charge >= 0.3 is 5.69 Å². The average Bonchev–Trinajstić information content (AvgIpc) is 3.06. The number of aromatic nitrogens is 2. The number of amides is 2. The highest BCUT2D eigenvalue weighted by atomic mass is 16.5. The van der Waals surface area contributed by atoms with Gasteiger partial charge in [0, 0.05) is 24.4 Å². The van der Waals surface area contributed by atoms with Crippen LogP contribution in [0.25, 0.3) is 0 Å². The molecular weight excluding hydrogens is 388 g/mol. The number of nitrogens with one attached hydrogen (secondary N) is 4. The lowest BCUT2D eigenvalue weighted by molar-refractivity contribution is -0.120. The molecule has 1 aromatic carbocycles. The van der Waals surface area contributed by atoms with Crippen LogP contribution in [-0.2, 0) is 4.79 Å². The summed E-state index contributed by atoms with van der Waals surface area (Å²) in [5.41, 5.74) is -0.621. The molecule has 0 bridgehead atoms. The van der Waals surface area contributed by atoms with Crippen molar-refractivity contribution in [1.82, 2.24) is 20.6 Å². The first-order valence-electron chi connectivity index (χ1n) is 10.1. The van der Waals surface area contributed by atoms with E-state index in [1.807, 2.05) is 6.07 Å². The summed E-state index contributed by atoms with van der Waals surface area (Å²) >= 11 is 0. The van der Waals surface area contributed by atoms with Gasteiger partial charge in [0.2, 0.25) is 11.8 Å². The molecule has 2 aromatic rings. The van der Waals surface area contributed by atoms with Gasteiger partial charge in [-0.15, -0.1) is 0 Å². The van der Waals surface area contributed by atoms with E-state index in [-0.39, 0.29) is 30.2 Å². The topological polar surface area (TPSA) is 133 Å². The van der Waals surface area contributed by atoms with Crippen LogP contribution in [0.4, 0.5) is 0 Å². The number of aromatic amines is 2. The van der Waals surface area contributed by atoms with E-state index in [4.69, 9.17) is 4.74 Å². The van der Waals surface area contributed by atoms with E-state index in [1.165, 1.54) is 0 Å². The summed E-state index contributed by atoms with van der Waals surface area (Å²) in [5, 5.41) is 5.40. The van der Waals surface area contributed by atoms with Crippen molar-refractivity contribution in [1.29, 1.82) is 0 Å². The minimum absolute atomic E-state index is 0.114. The van der Waals surface area contributed by atoms with E-state index in [0.29, 0.717) is 24.1 Å². The summed E-state index contributed by atoms with van der Waals surface area (Å²) in [5.74, 6) is -0.479. The molecule has 2 amide bonds. The van der Waals surface area contributed by atoms with Crippen molar-refractivity contribution in [2.45, 2.75) is 43.6 Å². The van der Waals surface area contributed by atoms with Gasteiger partial charge in [0.25, 0.3) is 11.5 Å². The highest BCUT2D eigenvalue weighted by Crippen LogP contribution is 2.51. The van der Waals surface area contributed by atoms with Crippen LogP contribution in [0.3, 0.4) is 0 Å². The Balaban J connectivity index is 1.34. The summed E-state index contributed by atoms with van der Waals surface area (Å²) < 4.78 is 6.10. The Hall–Kier alpha value is -3.36. The first-order chi connectivity index (χ1) is 14.5. The number of rotatable bonds is 6. The van der Waals surface area contributed by atoms with Crippen LogP contribution in [0, 0.1) is 0 Å². The lowest BCUT2D eigenvalue weighted by Gasteiger charge is -2.38. The summed E-state index contributed by atoms with van der Waals surface area (Å²) in [7, 11) is 0. The fourth-order valence-electron chi connectivity index (χ4n) is 4.49. The van der Waals surface area contributed by atoms with Gasteiger partial charge in [-0.2, -0.15) is 0 Å². The van der Waals surface area contributed by atoms with Crippen LogP contribution < -0.4 is 26.6 Å². The molecule has 30 heavy (non-hydrogen) atoms. The van der Waals surface area contributed by atoms with Crippen LogP contribution in [0.15, 0.2) is 39.9 Å². The lowest BCUT2D eigenvalue weighted by Crippen LogP contribution is -2.45. The Morgan fingerprint density at radius 3 is 2.70 bits per heavy atom. The zero-order valence-electron chi connectivity index (χ0n) is 16.5. The van der Waals surface area contributed by atoms with E-state index in [1.54, 1.807) is 24.3 Å². The first-order valence-corrected chi connectivity index (χ1v) is 10.1. The molecule has 1 fully saturated rings. The number of hydrogen-bond acceptors (Lipinski definition) is 5. The number of benzene rings is 1. The van der Waals surface area contributed by atoms with Gasteiger partial charge in [-0.25, -0.2) is 4.79 Å². The normalized spacial score (nSPS) is 21.8. The SMILES string of the molecule is O=C(CNC(=O)c1ccccc1)NCC[C@@]12CCCC[C@@H]1c1c([nH]c(=O)[nH]c1=O)O2. The predicted octanol–water partition coefficient (Wildman–Crippen LogP) is 0.788. The van der Waals surface area contributed by atoms with E-state index >= 15 is 0 Å². The Morgan fingerprint density at radius 1 is 1.10 bits per heavy atom. The summed E-state index contributed by atoms with van der Waals surface area (Å²) in [6.07, 6.45) is 3.98. The summed E-state index contributed by atoms with van der Waals surface area (Å²) in [6, 6.07) is 8.68. The standard InChI is InChI=1S/C21H24N4O5/c26-15(12-23-17(27)13-6-2-1-3-7-13)22-11-10-21-9-5-4-8-14(21)16-18(28)24-20(29)25-19(16)30-21/h1-3,6-7,14H,4-5,8-12H2,(H,22,26)(H,23,27)(H2,24,25,28,29)/t14-,21+/m1/s1. The minimum Gasteiger partial charge on any atom is -0.471 e. The van der Waals surface area contributed by atoms with Crippen LogP contribution in [0.2, 0.25) is 0 Å². The molecule has 2 heterocycles. The van der Waals surface area contributed by atoms with Gasteiger partial charge in [0.05, 0.1) is 12.1 Å². The fourth-order valence-corrected chi connectivity index (χ4v) is 4.49. The molecule has 0 spiro atoms. The summed E-state index contributed by atoms with van der Waals surface area (Å²) in [4.78, 5) is 53.0. The van der Waals surface area contributed by atoms with Crippen molar-refractivity contribution in [3.63, 3.8) is 0 Å². The molecule has 2 atom stereocenters. The molecule has 1 aliphatic carbocycles. The third-order valence-corrected chi connectivity index (χ3v) is 5.89. The van der Waals surface area contributed by atoms with Crippen LogP contribution in [0.1, 0.15) is 53.9 Å². The molecule has 1 aromatic heterocycles. The van der Waals surface area contributed by atoms with Gasteiger partial charge in [0.1, 0.15) is 5.60 Å². The van der Waals surface area contributed by atoms with Gasteiger partial charge in [-0.05, 0) is 31.4 Å². The Kier molecular flexibility index (Phi) is 5.43.